The summed E-state index contributed by atoms with van der Waals surface area (Å²) in [4.78, 5) is 0. The van der Waals surface area contributed by atoms with Crippen LogP contribution in [-0.4, -0.2) is 21.1 Å². The smallest absolute Gasteiger partial charge is 0.122 e. The highest BCUT2D eigenvalue weighted by Gasteiger charge is 2.02. The summed E-state index contributed by atoms with van der Waals surface area (Å²) in [5.41, 5.74) is 2.57. The van der Waals surface area contributed by atoms with Gasteiger partial charge in [-0.2, -0.15) is 0 Å². The maximum absolute atomic E-state index is 13.4. The molecule has 0 aliphatic rings. The Labute approximate surface area is 161 Å². The van der Waals surface area contributed by atoms with Gasteiger partial charge < -0.3 is 9.47 Å². The lowest BCUT2D eigenvalue weighted by Crippen LogP contribution is -2.09. The van der Waals surface area contributed by atoms with E-state index < -0.39 is 5.82 Å². The molecule has 2 nitrogen and oxygen atoms in total. The zero-order valence-electron chi connectivity index (χ0n) is 15.2. The van der Waals surface area contributed by atoms with Crippen molar-refractivity contribution < 1.29 is 13.9 Å². The second kappa shape index (κ2) is 9.82. The quantitative estimate of drug-likeness (QED) is 0.420. The molecule has 0 amide bonds. The van der Waals surface area contributed by atoms with E-state index in [4.69, 9.17) is 17.3 Å². The predicted molar refractivity (Wildman–Crippen MR) is 108 cm³/mol. The van der Waals surface area contributed by atoms with Gasteiger partial charge in [-0.3, -0.25) is 0 Å². The van der Waals surface area contributed by atoms with Crippen LogP contribution in [0.2, 0.25) is 0 Å². The lowest BCUT2D eigenvalue weighted by molar-refractivity contribution is 0.308. The molecule has 0 aliphatic heterocycles. The highest BCUT2D eigenvalue weighted by Crippen LogP contribution is 2.16. The zero-order chi connectivity index (χ0) is 18.9. The summed E-state index contributed by atoms with van der Waals surface area (Å²) in [6.07, 6.45) is 2.69. The number of hydrogen-bond acceptors (Lipinski definition) is 2. The van der Waals surface area contributed by atoms with E-state index in [1.807, 2.05) is 30.3 Å². The first-order chi connectivity index (χ1) is 13.2. The van der Waals surface area contributed by atoms with Crippen LogP contribution in [0.15, 0.2) is 72.8 Å². The molecule has 0 saturated carbocycles. The molecule has 136 valence electrons. The Hall–Kier alpha value is -2.75. The molecule has 0 fully saturated rings. The van der Waals surface area contributed by atoms with E-state index in [9.17, 15) is 4.39 Å². The average molecular weight is 360 g/mol. The van der Waals surface area contributed by atoms with Gasteiger partial charge in [0.15, 0.2) is 0 Å². The topological polar surface area (TPSA) is 18.5 Å². The van der Waals surface area contributed by atoms with Crippen LogP contribution >= 0.6 is 0 Å². The summed E-state index contributed by atoms with van der Waals surface area (Å²) in [6, 6.07) is 22.9. The minimum absolute atomic E-state index is 0.125. The second-order valence-corrected chi connectivity index (χ2v) is 6.37. The molecule has 0 aromatic heterocycles. The van der Waals surface area contributed by atoms with Gasteiger partial charge in [-0.05, 0) is 42.2 Å². The molecule has 0 bridgehead atoms. The Kier molecular flexibility index (Phi) is 6.92. The third-order valence-electron chi connectivity index (χ3n) is 4.25. The molecular formula is C23H22BFO2. The Morgan fingerprint density at radius 2 is 1.44 bits per heavy atom. The minimum Gasteiger partial charge on any atom is -0.494 e. The van der Waals surface area contributed by atoms with Gasteiger partial charge in [0, 0.05) is 12.5 Å². The minimum atomic E-state index is -0.460. The van der Waals surface area contributed by atoms with Crippen LogP contribution in [-0.2, 0) is 12.8 Å². The van der Waals surface area contributed by atoms with Gasteiger partial charge in [0.2, 0.25) is 0 Å². The van der Waals surface area contributed by atoms with Crippen LogP contribution in [0.1, 0.15) is 17.5 Å². The number of aryl methyl sites for hydroxylation is 1. The fourth-order valence-corrected chi connectivity index (χ4v) is 2.79. The Morgan fingerprint density at radius 1 is 0.704 bits per heavy atom. The maximum atomic E-state index is 13.4. The first-order valence-corrected chi connectivity index (χ1v) is 9.14. The predicted octanol–water partition coefficient (Wildman–Crippen LogP) is 4.25. The van der Waals surface area contributed by atoms with Gasteiger partial charge >= 0.3 is 0 Å². The van der Waals surface area contributed by atoms with Crippen LogP contribution in [0.3, 0.4) is 0 Å². The molecule has 0 atom stereocenters. The van der Waals surface area contributed by atoms with E-state index in [-0.39, 0.29) is 5.46 Å². The molecular weight excluding hydrogens is 338 g/mol. The van der Waals surface area contributed by atoms with Crippen LogP contribution in [0.4, 0.5) is 4.39 Å². The fraction of sp³-hybridized carbons (Fsp3) is 0.217. The maximum Gasteiger partial charge on any atom is 0.122 e. The molecule has 4 heteroatoms. The van der Waals surface area contributed by atoms with Gasteiger partial charge in [0.1, 0.15) is 25.2 Å². The lowest BCUT2D eigenvalue weighted by Gasteiger charge is -2.10. The van der Waals surface area contributed by atoms with Gasteiger partial charge in [-0.15, -0.1) is 0 Å². The summed E-state index contributed by atoms with van der Waals surface area (Å²) >= 11 is 0. The van der Waals surface area contributed by atoms with Crippen molar-refractivity contribution in [2.24, 2.45) is 0 Å². The first kappa shape index (κ1) is 19.0. The number of halogens is 1. The summed E-state index contributed by atoms with van der Waals surface area (Å²) in [5, 5.41) is 0. The van der Waals surface area contributed by atoms with E-state index >= 15 is 0 Å². The molecule has 27 heavy (non-hydrogen) atoms. The zero-order valence-corrected chi connectivity index (χ0v) is 15.2. The molecule has 3 aromatic rings. The third-order valence-corrected chi connectivity index (χ3v) is 4.25. The summed E-state index contributed by atoms with van der Waals surface area (Å²) < 4.78 is 24.9. The van der Waals surface area contributed by atoms with E-state index in [0.29, 0.717) is 25.4 Å². The third kappa shape index (κ3) is 6.17. The fourth-order valence-electron chi connectivity index (χ4n) is 2.79. The van der Waals surface area contributed by atoms with Crippen LogP contribution in [0, 0.1) is 5.82 Å². The molecule has 2 radical (unpaired) electrons. The van der Waals surface area contributed by atoms with Crippen molar-refractivity contribution in [3.8, 4) is 11.5 Å². The van der Waals surface area contributed by atoms with Crippen molar-refractivity contribution in [3.05, 3.63) is 89.7 Å². The van der Waals surface area contributed by atoms with Crippen molar-refractivity contribution in [2.45, 2.75) is 19.3 Å². The van der Waals surface area contributed by atoms with E-state index in [2.05, 4.69) is 24.3 Å². The molecule has 3 aromatic carbocycles. The largest absolute Gasteiger partial charge is 0.494 e. The first-order valence-electron chi connectivity index (χ1n) is 9.14. The van der Waals surface area contributed by atoms with Crippen molar-refractivity contribution in [2.75, 3.05) is 13.2 Å². The molecule has 3 rings (SSSR count). The van der Waals surface area contributed by atoms with Gasteiger partial charge in [-0.25, -0.2) is 4.39 Å². The molecule has 0 spiro atoms. The Morgan fingerprint density at radius 3 is 2.26 bits per heavy atom. The monoisotopic (exact) mass is 360 g/mol. The number of hydrogen-bond donors (Lipinski definition) is 0. The molecule has 0 heterocycles. The number of rotatable bonds is 9. The summed E-state index contributed by atoms with van der Waals surface area (Å²) in [7, 11) is 5.46. The van der Waals surface area contributed by atoms with Crippen LogP contribution in [0.25, 0.3) is 0 Å². The molecule has 0 aliphatic carbocycles. The Bertz CT molecular complexity index is 852. The SMILES string of the molecule is [B]c1ccc(OCCc2cccc(OCCCc3ccccc3)c2)cc1F. The summed E-state index contributed by atoms with van der Waals surface area (Å²) in [5.74, 6) is 0.882. The van der Waals surface area contributed by atoms with E-state index in [1.165, 1.54) is 17.7 Å². The number of benzene rings is 3. The second-order valence-electron chi connectivity index (χ2n) is 6.37. The summed E-state index contributed by atoms with van der Waals surface area (Å²) in [6.45, 7) is 1.14. The Balaban J connectivity index is 1.42. The lowest BCUT2D eigenvalue weighted by atomic mass is 9.96. The van der Waals surface area contributed by atoms with Crippen molar-refractivity contribution >= 4 is 13.3 Å². The number of ether oxygens (including phenoxy) is 2. The highest BCUT2D eigenvalue weighted by molar-refractivity contribution is 6.32. The standard InChI is InChI=1S/C23H22BFO2/c24-22-12-11-21(17-23(22)25)27-15-13-19-8-4-10-20(16-19)26-14-5-9-18-6-2-1-3-7-18/h1-4,6-8,10-12,16-17H,5,9,13-15H2. The van der Waals surface area contributed by atoms with Crippen molar-refractivity contribution in [3.63, 3.8) is 0 Å². The molecule has 0 saturated heterocycles. The van der Waals surface area contributed by atoms with Crippen LogP contribution in [0.5, 0.6) is 11.5 Å². The van der Waals surface area contributed by atoms with Crippen molar-refractivity contribution in [1.29, 1.82) is 0 Å². The van der Waals surface area contributed by atoms with E-state index in [1.54, 1.807) is 6.07 Å². The van der Waals surface area contributed by atoms with Gasteiger partial charge in [0.25, 0.3) is 0 Å². The average Bonchev–Trinajstić information content (AvgIpc) is 2.69. The van der Waals surface area contributed by atoms with Crippen LogP contribution < -0.4 is 14.9 Å². The molecule has 0 N–H and O–H groups in total. The van der Waals surface area contributed by atoms with Gasteiger partial charge in [-0.1, -0.05) is 54.0 Å². The normalized spacial score (nSPS) is 10.6. The molecule has 0 unspecified atom stereocenters. The van der Waals surface area contributed by atoms with E-state index in [0.717, 1.165) is 24.2 Å². The van der Waals surface area contributed by atoms with Crippen molar-refractivity contribution in [1.82, 2.24) is 0 Å². The van der Waals surface area contributed by atoms with Gasteiger partial charge in [0.05, 0.1) is 13.2 Å². The highest BCUT2D eigenvalue weighted by atomic mass is 19.1.